The number of carbonyl (C=O) groups is 1. The standard InChI is InChI=1S/C12H24O4/c1-5-14-10(4)8-11(15-6-2)9-12(13)16-7-3/h10-11H,5-9H2,1-4H3. The summed E-state index contributed by atoms with van der Waals surface area (Å²) in [6, 6.07) is 0. The van der Waals surface area contributed by atoms with Gasteiger partial charge in [0.1, 0.15) is 0 Å². The molecule has 0 aromatic heterocycles. The van der Waals surface area contributed by atoms with Crippen molar-refractivity contribution in [3.05, 3.63) is 0 Å². The van der Waals surface area contributed by atoms with Gasteiger partial charge >= 0.3 is 5.97 Å². The highest BCUT2D eigenvalue weighted by atomic mass is 16.5. The molecule has 0 rings (SSSR count). The minimum Gasteiger partial charge on any atom is -0.466 e. The van der Waals surface area contributed by atoms with E-state index in [0.29, 0.717) is 26.2 Å². The molecule has 0 fully saturated rings. The van der Waals surface area contributed by atoms with Gasteiger partial charge in [0, 0.05) is 19.6 Å². The molecular formula is C12H24O4. The van der Waals surface area contributed by atoms with E-state index in [1.54, 1.807) is 6.92 Å². The molecule has 2 unspecified atom stereocenters. The van der Waals surface area contributed by atoms with Gasteiger partial charge in [-0.1, -0.05) is 0 Å². The fraction of sp³-hybridized carbons (Fsp3) is 0.917. The number of rotatable bonds is 9. The van der Waals surface area contributed by atoms with Gasteiger partial charge < -0.3 is 14.2 Å². The average Bonchev–Trinajstić information content (AvgIpc) is 2.18. The van der Waals surface area contributed by atoms with Crippen molar-refractivity contribution >= 4 is 5.97 Å². The molecule has 2 atom stereocenters. The van der Waals surface area contributed by atoms with Gasteiger partial charge in [0.25, 0.3) is 0 Å². The Kier molecular flexibility index (Phi) is 9.24. The smallest absolute Gasteiger partial charge is 0.308 e. The number of ether oxygens (including phenoxy) is 3. The summed E-state index contributed by atoms with van der Waals surface area (Å²) < 4.78 is 15.8. The SMILES string of the molecule is CCOC(=O)CC(CC(C)OCC)OCC. The van der Waals surface area contributed by atoms with Crippen molar-refractivity contribution in [3.63, 3.8) is 0 Å². The summed E-state index contributed by atoms with van der Waals surface area (Å²) in [5.74, 6) is -0.204. The largest absolute Gasteiger partial charge is 0.466 e. The van der Waals surface area contributed by atoms with E-state index in [9.17, 15) is 4.79 Å². The zero-order valence-corrected chi connectivity index (χ0v) is 10.8. The van der Waals surface area contributed by atoms with Gasteiger partial charge in [-0.25, -0.2) is 0 Å². The van der Waals surface area contributed by atoms with E-state index in [0.717, 1.165) is 6.42 Å². The Labute approximate surface area is 98.3 Å². The maximum atomic E-state index is 11.3. The molecule has 4 nitrogen and oxygen atoms in total. The van der Waals surface area contributed by atoms with Crippen molar-refractivity contribution in [1.82, 2.24) is 0 Å². The lowest BCUT2D eigenvalue weighted by molar-refractivity contribution is -0.146. The monoisotopic (exact) mass is 232 g/mol. The highest BCUT2D eigenvalue weighted by Gasteiger charge is 2.18. The summed E-state index contributed by atoms with van der Waals surface area (Å²) >= 11 is 0. The first-order chi connectivity index (χ1) is 7.63. The predicted molar refractivity (Wildman–Crippen MR) is 62.4 cm³/mol. The molecule has 0 N–H and O–H groups in total. The van der Waals surface area contributed by atoms with Gasteiger partial charge in [-0.2, -0.15) is 0 Å². The van der Waals surface area contributed by atoms with Crippen LogP contribution in [0.3, 0.4) is 0 Å². The molecule has 4 heteroatoms. The van der Waals surface area contributed by atoms with E-state index in [4.69, 9.17) is 14.2 Å². The molecule has 0 saturated carbocycles. The fourth-order valence-electron chi connectivity index (χ4n) is 1.57. The van der Waals surface area contributed by atoms with Crippen LogP contribution in [0.5, 0.6) is 0 Å². The van der Waals surface area contributed by atoms with Gasteiger partial charge in [0.15, 0.2) is 0 Å². The number of hydrogen-bond acceptors (Lipinski definition) is 4. The van der Waals surface area contributed by atoms with E-state index >= 15 is 0 Å². The van der Waals surface area contributed by atoms with Gasteiger partial charge in [0.05, 0.1) is 25.2 Å². The first kappa shape index (κ1) is 15.4. The number of carbonyl (C=O) groups excluding carboxylic acids is 1. The molecule has 0 aliphatic rings. The molecular weight excluding hydrogens is 208 g/mol. The van der Waals surface area contributed by atoms with Crippen molar-refractivity contribution in [2.24, 2.45) is 0 Å². The Hall–Kier alpha value is -0.610. The van der Waals surface area contributed by atoms with Crippen LogP contribution in [0.4, 0.5) is 0 Å². The summed E-state index contributed by atoms with van der Waals surface area (Å²) in [5.41, 5.74) is 0. The van der Waals surface area contributed by atoms with Crippen molar-refractivity contribution in [3.8, 4) is 0 Å². The average molecular weight is 232 g/mol. The molecule has 16 heavy (non-hydrogen) atoms. The molecule has 0 heterocycles. The second kappa shape index (κ2) is 9.60. The normalized spacial score (nSPS) is 14.5. The third-order valence-corrected chi connectivity index (χ3v) is 2.15. The highest BCUT2D eigenvalue weighted by Crippen LogP contribution is 2.11. The molecule has 96 valence electrons. The zero-order chi connectivity index (χ0) is 12.4. The van der Waals surface area contributed by atoms with E-state index < -0.39 is 0 Å². The van der Waals surface area contributed by atoms with Crippen LogP contribution >= 0.6 is 0 Å². The van der Waals surface area contributed by atoms with Gasteiger partial charge in [-0.15, -0.1) is 0 Å². The third kappa shape index (κ3) is 7.65. The van der Waals surface area contributed by atoms with Crippen LogP contribution < -0.4 is 0 Å². The topological polar surface area (TPSA) is 44.8 Å². The van der Waals surface area contributed by atoms with Gasteiger partial charge in [0.2, 0.25) is 0 Å². The van der Waals surface area contributed by atoms with Crippen LogP contribution in [-0.4, -0.2) is 38.0 Å². The molecule has 0 bridgehead atoms. The lowest BCUT2D eigenvalue weighted by Gasteiger charge is -2.20. The van der Waals surface area contributed by atoms with E-state index in [-0.39, 0.29) is 18.2 Å². The van der Waals surface area contributed by atoms with E-state index in [2.05, 4.69) is 0 Å². The van der Waals surface area contributed by atoms with Crippen LogP contribution in [0.15, 0.2) is 0 Å². The van der Waals surface area contributed by atoms with E-state index in [1.165, 1.54) is 0 Å². The van der Waals surface area contributed by atoms with Crippen LogP contribution in [-0.2, 0) is 19.0 Å². The summed E-state index contributed by atoms with van der Waals surface area (Å²) in [6.45, 7) is 9.36. The van der Waals surface area contributed by atoms with Crippen LogP contribution in [0.25, 0.3) is 0 Å². The second-order valence-corrected chi connectivity index (χ2v) is 3.59. The summed E-state index contributed by atoms with van der Waals surface area (Å²) in [7, 11) is 0. The Morgan fingerprint density at radius 3 is 2.19 bits per heavy atom. The molecule has 0 aliphatic heterocycles. The Bertz CT molecular complexity index is 182. The minimum absolute atomic E-state index is 0.106. The fourth-order valence-corrected chi connectivity index (χ4v) is 1.57. The van der Waals surface area contributed by atoms with Crippen molar-refractivity contribution in [2.45, 2.75) is 52.7 Å². The summed E-state index contributed by atoms with van der Waals surface area (Å²) in [4.78, 5) is 11.3. The highest BCUT2D eigenvalue weighted by molar-refractivity contribution is 5.69. The van der Waals surface area contributed by atoms with Crippen molar-refractivity contribution < 1.29 is 19.0 Å². The number of hydrogen-bond donors (Lipinski definition) is 0. The van der Waals surface area contributed by atoms with Crippen LogP contribution in [0.1, 0.15) is 40.5 Å². The lowest BCUT2D eigenvalue weighted by Crippen LogP contribution is -2.25. The third-order valence-electron chi connectivity index (χ3n) is 2.15. The lowest BCUT2D eigenvalue weighted by atomic mass is 10.1. The Morgan fingerprint density at radius 2 is 1.69 bits per heavy atom. The molecule has 0 saturated heterocycles. The quantitative estimate of drug-likeness (QED) is 0.571. The second-order valence-electron chi connectivity index (χ2n) is 3.59. The van der Waals surface area contributed by atoms with E-state index in [1.807, 2.05) is 20.8 Å². The first-order valence-corrected chi connectivity index (χ1v) is 6.02. The maximum Gasteiger partial charge on any atom is 0.308 e. The predicted octanol–water partition coefficient (Wildman–Crippen LogP) is 2.16. The van der Waals surface area contributed by atoms with Crippen LogP contribution in [0, 0.1) is 0 Å². The minimum atomic E-state index is -0.204. The molecule has 0 aromatic rings. The first-order valence-electron chi connectivity index (χ1n) is 6.02. The van der Waals surface area contributed by atoms with Gasteiger partial charge in [-0.3, -0.25) is 4.79 Å². The summed E-state index contributed by atoms with van der Waals surface area (Å²) in [5, 5.41) is 0. The molecule has 0 aromatic carbocycles. The maximum absolute atomic E-state index is 11.3. The van der Waals surface area contributed by atoms with Crippen LogP contribution in [0.2, 0.25) is 0 Å². The molecule has 0 radical (unpaired) electrons. The number of esters is 1. The van der Waals surface area contributed by atoms with Crippen molar-refractivity contribution in [1.29, 1.82) is 0 Å². The van der Waals surface area contributed by atoms with Gasteiger partial charge in [-0.05, 0) is 27.7 Å². The Morgan fingerprint density at radius 1 is 1.06 bits per heavy atom. The molecule has 0 spiro atoms. The molecule has 0 aliphatic carbocycles. The zero-order valence-electron chi connectivity index (χ0n) is 10.8. The molecule has 0 amide bonds. The summed E-state index contributed by atoms with van der Waals surface area (Å²) in [6.07, 6.45) is 1.03. The van der Waals surface area contributed by atoms with Crippen molar-refractivity contribution in [2.75, 3.05) is 19.8 Å². The Balaban J connectivity index is 4.00.